The van der Waals surface area contributed by atoms with Crippen LogP contribution < -0.4 is 4.89 Å². The summed E-state index contributed by atoms with van der Waals surface area (Å²) in [5, 5.41) is 0. The molecule has 0 aromatic carbocycles. The molecule has 0 bridgehead atoms. The van der Waals surface area contributed by atoms with Crippen molar-refractivity contribution in [3.05, 3.63) is 194 Å². The Bertz CT molecular complexity index is 2330. The van der Waals surface area contributed by atoms with Gasteiger partial charge in [-0.2, -0.15) is 0 Å². The Morgan fingerprint density at radius 1 is 0.323 bits per heavy atom. The maximum Gasteiger partial charge on any atom is 0.306 e. The lowest BCUT2D eigenvalue weighted by molar-refractivity contribution is -0.870. The van der Waals surface area contributed by atoms with Gasteiger partial charge in [0.2, 0.25) is 0 Å². The number of likely N-dealkylation sites (N-methyl/N-ethyl adjacent to an activating group) is 1. The van der Waals surface area contributed by atoms with Crippen molar-refractivity contribution in [2.24, 2.45) is 0 Å². The van der Waals surface area contributed by atoms with Crippen LogP contribution in [0, 0.1) is 0 Å². The zero-order chi connectivity index (χ0) is 69.7. The summed E-state index contributed by atoms with van der Waals surface area (Å²) in [6.45, 7) is 3.96. The van der Waals surface area contributed by atoms with Gasteiger partial charge in [-0.05, 0) is 141 Å². The van der Waals surface area contributed by atoms with Gasteiger partial charge in [0.25, 0.3) is 7.82 Å². The first-order chi connectivity index (χ1) is 47.0. The first-order valence-electron chi connectivity index (χ1n) is 38.1. The molecule has 96 heavy (non-hydrogen) atoms. The smallest absolute Gasteiger partial charge is 0.306 e. The van der Waals surface area contributed by atoms with E-state index in [9.17, 15) is 19.0 Å². The van der Waals surface area contributed by atoms with Crippen LogP contribution in [0.4, 0.5) is 0 Å². The molecule has 2 atom stereocenters. The van der Waals surface area contributed by atoms with E-state index in [1.165, 1.54) is 116 Å². The zero-order valence-electron chi connectivity index (χ0n) is 61.7. The van der Waals surface area contributed by atoms with E-state index in [0.717, 1.165) is 135 Å². The van der Waals surface area contributed by atoms with Gasteiger partial charge in [-0.3, -0.25) is 14.2 Å². The third kappa shape index (κ3) is 77.9. The summed E-state index contributed by atoms with van der Waals surface area (Å²) in [6, 6.07) is 0. The first kappa shape index (κ1) is 90.8. The molecule has 0 saturated carbocycles. The van der Waals surface area contributed by atoms with E-state index in [2.05, 4.69) is 208 Å². The van der Waals surface area contributed by atoms with E-state index < -0.39 is 32.5 Å². The number of unbranched alkanes of at least 4 members (excludes halogenated alkanes) is 22. The van der Waals surface area contributed by atoms with E-state index >= 15 is 0 Å². The average molecular weight is 1350 g/mol. The molecule has 0 aliphatic rings. The highest BCUT2D eigenvalue weighted by Gasteiger charge is 2.22. The van der Waals surface area contributed by atoms with Crippen molar-refractivity contribution in [3.63, 3.8) is 0 Å². The minimum atomic E-state index is -4.67. The standard InChI is InChI=1S/C86H140NO8P/c1-6-8-10-12-14-16-18-20-22-24-26-28-30-32-34-36-38-40-41-42-43-44-45-47-48-50-52-54-56-58-60-62-64-66-68-70-72-74-76-78-85(88)92-82-84(83-94-96(90,91)93-81-80-87(3,4)5)95-86(89)79-77-75-73-71-69-67-65-63-61-59-57-55-53-51-49-46-39-37-35-33-31-29-27-25-23-21-19-17-15-13-11-9-7-2/h8-11,14-17,20-23,26-29,32-35,38-40,46,51,53,57,59,63,65,69,71,84H,6-7,12-13,18-19,24-25,30-31,36-37,41-45,47-50,52,54-56,58,60-62,64,66-68,70,72-83H2,1-5H3/b10-8-,11-9-,16-14-,17-15-,22-20-,23-21-,28-26-,29-27-,34-32-,35-33-,40-38-,46-39-,53-51-,59-57-,65-63-,71-69-. The van der Waals surface area contributed by atoms with Gasteiger partial charge >= 0.3 is 11.9 Å². The van der Waals surface area contributed by atoms with Crippen LogP contribution >= 0.6 is 7.82 Å². The minimum absolute atomic E-state index is 0.0483. The second-order valence-corrected chi connectivity index (χ2v) is 27.3. The van der Waals surface area contributed by atoms with Crippen LogP contribution in [-0.2, 0) is 32.7 Å². The third-order valence-corrected chi connectivity index (χ3v) is 16.6. The van der Waals surface area contributed by atoms with Gasteiger partial charge in [-0.15, -0.1) is 0 Å². The molecule has 9 nitrogen and oxygen atoms in total. The number of ether oxygens (including phenoxy) is 2. The van der Waals surface area contributed by atoms with Crippen molar-refractivity contribution in [1.82, 2.24) is 0 Å². The molecule has 0 aromatic rings. The Morgan fingerprint density at radius 2 is 0.562 bits per heavy atom. The van der Waals surface area contributed by atoms with E-state index in [1.54, 1.807) is 0 Å². The maximum absolute atomic E-state index is 12.9. The quantitative estimate of drug-likeness (QED) is 0.0195. The summed E-state index contributed by atoms with van der Waals surface area (Å²) in [6.07, 6.45) is 115. The predicted octanol–water partition coefficient (Wildman–Crippen LogP) is 25.0. The monoisotopic (exact) mass is 1350 g/mol. The SMILES string of the molecule is CC/C=C\C/C=C\C/C=C\C/C=C\C/C=C\C/C=C\C/C=C\C/C=C\C/C=C\C/C=C\CCCCC(=O)OC(COC(=O)CCCCCCCCCCCCCCCCCCCCCC/C=C\C/C=C\C/C=C\C/C=C\C/C=C\C/C=C\CC)COP(=O)([O-])OCC[N+](C)(C)C. The van der Waals surface area contributed by atoms with Gasteiger partial charge < -0.3 is 27.9 Å². The molecule has 2 unspecified atom stereocenters. The van der Waals surface area contributed by atoms with E-state index in [1.807, 2.05) is 21.1 Å². The van der Waals surface area contributed by atoms with Crippen LogP contribution in [0.5, 0.6) is 0 Å². The Hall–Kier alpha value is -5.15. The maximum atomic E-state index is 12.9. The fourth-order valence-corrected chi connectivity index (χ4v) is 10.6. The summed E-state index contributed by atoms with van der Waals surface area (Å²) in [5.74, 6) is -0.890. The molecule has 0 aromatic heterocycles. The fraction of sp³-hybridized carbons (Fsp3) is 0.605. The van der Waals surface area contributed by atoms with E-state index in [-0.39, 0.29) is 26.1 Å². The molecule has 0 radical (unpaired) electrons. The van der Waals surface area contributed by atoms with Gasteiger partial charge in [0.15, 0.2) is 6.10 Å². The lowest BCUT2D eigenvalue weighted by Crippen LogP contribution is -2.37. The Kier molecular flexibility index (Phi) is 70.1. The van der Waals surface area contributed by atoms with Crippen molar-refractivity contribution in [2.75, 3.05) is 47.5 Å². The lowest BCUT2D eigenvalue weighted by Gasteiger charge is -2.28. The number of phosphoric ester groups is 1. The van der Waals surface area contributed by atoms with E-state index in [0.29, 0.717) is 17.4 Å². The molecule has 0 spiro atoms. The molecule has 10 heteroatoms. The Morgan fingerprint density at radius 3 is 0.854 bits per heavy atom. The number of phosphoric acid groups is 1. The number of esters is 2. The predicted molar refractivity (Wildman–Crippen MR) is 415 cm³/mol. The molecule has 542 valence electrons. The van der Waals surface area contributed by atoms with Crippen molar-refractivity contribution in [1.29, 1.82) is 0 Å². The van der Waals surface area contributed by atoms with Gasteiger partial charge in [-0.1, -0.05) is 324 Å². The fourth-order valence-electron chi connectivity index (χ4n) is 9.87. The molecule has 0 heterocycles. The molecule has 0 N–H and O–H groups in total. The highest BCUT2D eigenvalue weighted by Crippen LogP contribution is 2.38. The number of rotatable bonds is 68. The largest absolute Gasteiger partial charge is 0.756 e. The lowest BCUT2D eigenvalue weighted by atomic mass is 10.0. The van der Waals surface area contributed by atoms with Crippen LogP contribution in [0.1, 0.15) is 284 Å². The van der Waals surface area contributed by atoms with Crippen molar-refractivity contribution in [2.45, 2.75) is 290 Å². The zero-order valence-corrected chi connectivity index (χ0v) is 62.6. The summed E-state index contributed by atoms with van der Waals surface area (Å²) >= 11 is 0. The van der Waals surface area contributed by atoms with Crippen LogP contribution in [0.25, 0.3) is 0 Å². The van der Waals surface area contributed by atoms with Gasteiger partial charge in [0.05, 0.1) is 27.7 Å². The number of allylic oxidation sites excluding steroid dienone is 32. The van der Waals surface area contributed by atoms with Crippen LogP contribution in [-0.4, -0.2) is 70.0 Å². The average Bonchev–Trinajstić information content (AvgIpc) is 1.48. The second kappa shape index (κ2) is 74.1. The third-order valence-electron chi connectivity index (χ3n) is 15.6. The number of carbonyl (C=O) groups excluding carboxylic acids is 2. The number of hydrogen-bond donors (Lipinski definition) is 0. The van der Waals surface area contributed by atoms with E-state index in [4.69, 9.17) is 18.5 Å². The molecule has 0 amide bonds. The van der Waals surface area contributed by atoms with Crippen LogP contribution in [0.3, 0.4) is 0 Å². The van der Waals surface area contributed by atoms with Crippen molar-refractivity contribution < 1.29 is 42.1 Å². The highest BCUT2D eigenvalue weighted by atomic mass is 31.2. The molecule has 0 fully saturated rings. The molecule has 0 saturated heterocycles. The van der Waals surface area contributed by atoms with Crippen LogP contribution in [0.15, 0.2) is 194 Å². The normalized spacial score (nSPS) is 14.2. The van der Waals surface area contributed by atoms with Crippen molar-refractivity contribution >= 4 is 19.8 Å². The molecular weight excluding hydrogens is 1210 g/mol. The summed E-state index contributed by atoms with van der Waals surface area (Å²) < 4.78 is 34.3. The molecule has 0 aliphatic carbocycles. The van der Waals surface area contributed by atoms with Crippen LogP contribution in [0.2, 0.25) is 0 Å². The summed E-state index contributed by atoms with van der Waals surface area (Å²) in [5.41, 5.74) is 0. The molecule has 0 rings (SSSR count). The Balaban J connectivity index is 4.10. The summed E-state index contributed by atoms with van der Waals surface area (Å²) in [4.78, 5) is 38.1. The highest BCUT2D eigenvalue weighted by molar-refractivity contribution is 7.45. The number of nitrogens with zero attached hydrogens (tertiary/aromatic N) is 1. The van der Waals surface area contributed by atoms with Crippen molar-refractivity contribution in [3.8, 4) is 0 Å². The van der Waals surface area contributed by atoms with Gasteiger partial charge in [-0.25, -0.2) is 0 Å². The molecular formula is C86H140NO8P. The Labute approximate surface area is 590 Å². The minimum Gasteiger partial charge on any atom is -0.756 e. The summed E-state index contributed by atoms with van der Waals surface area (Å²) in [7, 11) is 1.12. The number of quaternary nitrogens is 1. The molecule has 0 aliphatic heterocycles. The first-order valence-corrected chi connectivity index (χ1v) is 39.6. The van der Waals surface area contributed by atoms with Gasteiger partial charge in [0.1, 0.15) is 19.8 Å². The van der Waals surface area contributed by atoms with Gasteiger partial charge in [0, 0.05) is 12.8 Å². The topological polar surface area (TPSA) is 111 Å². The number of hydrogen-bond acceptors (Lipinski definition) is 8. The number of carbonyl (C=O) groups is 2. The second-order valence-electron chi connectivity index (χ2n) is 25.9.